The first-order valence-electron chi connectivity index (χ1n) is 9.37. The second-order valence-corrected chi connectivity index (χ2v) is 11.9. The van der Waals surface area contributed by atoms with Crippen molar-refractivity contribution < 1.29 is 23.9 Å². The molecular weight excluding hydrogens is 496 g/mol. The van der Waals surface area contributed by atoms with Crippen LogP contribution in [0.4, 0.5) is 0 Å². The van der Waals surface area contributed by atoms with E-state index >= 15 is 0 Å². The fourth-order valence-corrected chi connectivity index (χ4v) is 8.21. The number of nitrogens with zero attached hydrogens (tertiary/aromatic N) is 5. The molecule has 170 valence electrons. The maximum absolute atomic E-state index is 13.0. The van der Waals surface area contributed by atoms with Crippen LogP contribution >= 0.6 is 46.6 Å². The van der Waals surface area contributed by atoms with Crippen LogP contribution in [0.5, 0.6) is 0 Å². The molecular formula is C17H18N6O5S4. The van der Waals surface area contributed by atoms with Gasteiger partial charge in [-0.2, -0.15) is 0 Å². The third kappa shape index (κ3) is 4.13. The number of fused-ring (bicyclic) bond motifs is 1. The van der Waals surface area contributed by atoms with Crippen LogP contribution in [-0.4, -0.2) is 63.7 Å². The fourth-order valence-electron chi connectivity index (χ4n) is 3.24. The lowest BCUT2D eigenvalue weighted by Crippen LogP contribution is -2.67. The summed E-state index contributed by atoms with van der Waals surface area (Å²) in [6, 6.07) is 0. The minimum absolute atomic E-state index is 0.174. The van der Waals surface area contributed by atoms with Gasteiger partial charge in [0.05, 0.1) is 4.91 Å². The number of aromatic nitrogens is 4. The highest BCUT2D eigenvalue weighted by Gasteiger charge is 2.60. The molecule has 3 atom stereocenters. The molecule has 2 unspecified atom stereocenters. The van der Waals surface area contributed by atoms with E-state index in [4.69, 9.17) is 4.42 Å². The first-order chi connectivity index (χ1) is 15.1. The minimum atomic E-state index is -1.26. The number of amides is 2. The van der Waals surface area contributed by atoms with Crippen molar-refractivity contribution in [1.82, 2.24) is 30.6 Å². The lowest BCUT2D eigenvalue weighted by molar-refractivity contribution is -0.145. The van der Waals surface area contributed by atoms with E-state index in [1.54, 1.807) is 13.8 Å². The molecule has 1 fully saturated rings. The number of carboxylic acid groups (broad SMARTS) is 1. The van der Waals surface area contributed by atoms with Crippen LogP contribution in [0.15, 0.2) is 24.6 Å². The Morgan fingerprint density at radius 3 is 2.62 bits per heavy atom. The number of carbonyl (C=O) groups is 3. The molecule has 4 heterocycles. The number of rotatable bonds is 7. The minimum Gasteiger partial charge on any atom is -0.477 e. The molecule has 4 rings (SSSR count). The van der Waals surface area contributed by atoms with E-state index in [9.17, 15) is 19.5 Å². The Hall–Kier alpha value is -2.10. The summed E-state index contributed by atoms with van der Waals surface area (Å²) in [5.74, 6) is -1.61. The summed E-state index contributed by atoms with van der Waals surface area (Å²) in [4.78, 5) is 37.8. The molecule has 15 heteroatoms. The summed E-state index contributed by atoms with van der Waals surface area (Å²) in [5, 5.41) is 28.6. The zero-order chi connectivity index (χ0) is 23.2. The van der Waals surface area contributed by atoms with Crippen molar-refractivity contribution >= 4 is 64.4 Å². The number of aryl methyl sites for hydroxylation is 2. The van der Waals surface area contributed by atoms with Gasteiger partial charge in [-0.15, -0.1) is 32.2 Å². The summed E-state index contributed by atoms with van der Waals surface area (Å²) in [7, 11) is 0. The van der Waals surface area contributed by atoms with Crippen molar-refractivity contribution in [1.29, 1.82) is 0 Å². The number of carboxylic acids is 1. The maximum Gasteiger partial charge on any atom is 0.353 e. The van der Waals surface area contributed by atoms with E-state index in [0.717, 1.165) is 28.5 Å². The second kappa shape index (κ2) is 8.68. The average molecular weight is 515 g/mol. The number of carbonyl (C=O) groups excluding carboxylic acids is 2. The lowest BCUT2D eigenvalue weighted by Gasteiger charge is -2.53. The van der Waals surface area contributed by atoms with Crippen molar-refractivity contribution in [2.45, 2.75) is 59.2 Å². The lowest BCUT2D eigenvalue weighted by atomic mass is 10.1. The van der Waals surface area contributed by atoms with E-state index in [0.29, 0.717) is 21.6 Å². The standard InChI is InChI=1S/C17H18N6O5S4/c1-5-8-20-22-16(29-8)31-11-9(14(26)27)23-12(25)10(30-15-21-19-7(3)28-15)13(23)32-17(11,4)18-6(2)24/h10,13H,5H2,1-4H3,(H,18,24)(H,26,27)/t10?,13-,17?/m1/s1. The number of hydrogen-bond acceptors (Lipinski definition) is 12. The van der Waals surface area contributed by atoms with Crippen LogP contribution in [-0.2, 0) is 20.8 Å². The number of β-lactam (4-membered cyclic amide) rings is 1. The Morgan fingerprint density at radius 2 is 2.06 bits per heavy atom. The van der Waals surface area contributed by atoms with Gasteiger partial charge in [0.25, 0.3) is 5.22 Å². The second-order valence-electron chi connectivity index (χ2n) is 6.96. The topological polar surface area (TPSA) is 151 Å². The molecule has 2 aromatic heterocycles. The summed E-state index contributed by atoms with van der Waals surface area (Å²) in [6.45, 7) is 6.67. The molecule has 2 aromatic rings. The largest absolute Gasteiger partial charge is 0.477 e. The van der Waals surface area contributed by atoms with Gasteiger partial charge < -0.3 is 14.8 Å². The average Bonchev–Trinajstić information content (AvgIpc) is 3.35. The molecule has 11 nitrogen and oxygen atoms in total. The fraction of sp³-hybridized carbons (Fsp3) is 0.471. The molecule has 0 aliphatic carbocycles. The number of aliphatic carboxylic acids is 1. The Bertz CT molecular complexity index is 1130. The van der Waals surface area contributed by atoms with E-state index in [2.05, 4.69) is 25.7 Å². The van der Waals surface area contributed by atoms with Gasteiger partial charge in [0, 0.05) is 13.8 Å². The van der Waals surface area contributed by atoms with E-state index < -0.39 is 21.5 Å². The van der Waals surface area contributed by atoms with Crippen LogP contribution in [0.3, 0.4) is 0 Å². The van der Waals surface area contributed by atoms with Crippen molar-refractivity contribution in [3.05, 3.63) is 21.5 Å². The maximum atomic E-state index is 13.0. The first kappa shape index (κ1) is 23.1. The summed E-state index contributed by atoms with van der Waals surface area (Å²) < 4.78 is 5.90. The van der Waals surface area contributed by atoms with Crippen molar-refractivity contribution in [3.8, 4) is 0 Å². The number of hydrogen-bond donors (Lipinski definition) is 2. The Labute approximate surface area is 199 Å². The zero-order valence-corrected chi connectivity index (χ0v) is 20.6. The highest BCUT2D eigenvalue weighted by molar-refractivity contribution is 8.09. The molecule has 0 bridgehead atoms. The number of nitrogens with one attached hydrogen (secondary N) is 1. The van der Waals surface area contributed by atoms with Crippen LogP contribution in [0.1, 0.15) is 31.7 Å². The molecule has 0 saturated carbocycles. The Morgan fingerprint density at radius 1 is 1.31 bits per heavy atom. The predicted molar refractivity (Wildman–Crippen MR) is 119 cm³/mol. The molecule has 2 aliphatic heterocycles. The summed E-state index contributed by atoms with van der Waals surface area (Å²) >= 11 is 4.81. The Kier molecular flexibility index (Phi) is 6.26. The van der Waals surface area contributed by atoms with Gasteiger partial charge in [-0.3, -0.25) is 14.5 Å². The van der Waals surface area contributed by atoms with E-state index in [1.807, 2.05) is 6.92 Å². The van der Waals surface area contributed by atoms with Gasteiger partial charge in [-0.05, 0) is 25.1 Å². The van der Waals surface area contributed by atoms with Gasteiger partial charge in [0.15, 0.2) is 4.34 Å². The summed E-state index contributed by atoms with van der Waals surface area (Å²) in [6.07, 6.45) is 0.696. The van der Waals surface area contributed by atoms with E-state index in [-0.39, 0.29) is 22.7 Å². The first-order valence-corrected chi connectivity index (χ1v) is 12.8. The van der Waals surface area contributed by atoms with Gasteiger partial charge in [-0.25, -0.2) is 4.79 Å². The van der Waals surface area contributed by atoms with Crippen molar-refractivity contribution in [2.75, 3.05) is 0 Å². The van der Waals surface area contributed by atoms with Crippen LogP contribution in [0.2, 0.25) is 0 Å². The number of thioether (sulfide) groups is 3. The van der Waals surface area contributed by atoms with Gasteiger partial charge in [-0.1, -0.05) is 30.0 Å². The third-order valence-corrected chi connectivity index (χ3v) is 9.84. The smallest absolute Gasteiger partial charge is 0.353 e. The normalized spacial score (nSPS) is 24.9. The van der Waals surface area contributed by atoms with Crippen LogP contribution < -0.4 is 5.32 Å². The SMILES string of the molecule is CCc1nnc(SC2=C(C(=O)O)N3C(=O)C(Sc4nnc(C)o4)[C@H]3SC2(C)NC(C)=O)s1. The third-order valence-electron chi connectivity index (χ3n) is 4.53. The van der Waals surface area contributed by atoms with Crippen LogP contribution in [0.25, 0.3) is 0 Å². The van der Waals surface area contributed by atoms with Crippen molar-refractivity contribution in [3.63, 3.8) is 0 Å². The molecule has 2 N–H and O–H groups in total. The van der Waals surface area contributed by atoms with Crippen LogP contribution in [0, 0.1) is 6.92 Å². The van der Waals surface area contributed by atoms with Gasteiger partial charge in [0.1, 0.15) is 26.2 Å². The zero-order valence-electron chi connectivity index (χ0n) is 17.3. The molecule has 0 aromatic carbocycles. The predicted octanol–water partition coefficient (Wildman–Crippen LogP) is 2.11. The van der Waals surface area contributed by atoms with Crippen molar-refractivity contribution in [2.24, 2.45) is 0 Å². The Balaban J connectivity index is 1.74. The summed E-state index contributed by atoms with van der Waals surface area (Å²) in [5.41, 5.74) is -0.174. The molecule has 0 radical (unpaired) electrons. The monoisotopic (exact) mass is 514 g/mol. The highest BCUT2D eigenvalue weighted by Crippen LogP contribution is 2.56. The molecule has 1 saturated heterocycles. The molecule has 0 spiro atoms. The molecule has 2 amide bonds. The molecule has 32 heavy (non-hydrogen) atoms. The molecule has 2 aliphatic rings. The van der Waals surface area contributed by atoms with Gasteiger partial charge in [0.2, 0.25) is 17.7 Å². The van der Waals surface area contributed by atoms with E-state index in [1.165, 1.54) is 34.9 Å². The quantitative estimate of drug-likeness (QED) is 0.521. The highest BCUT2D eigenvalue weighted by atomic mass is 32.2. The van der Waals surface area contributed by atoms with Gasteiger partial charge >= 0.3 is 5.97 Å².